The molecule has 4 nitrogen and oxygen atoms in total. The Morgan fingerprint density at radius 1 is 1.26 bits per heavy atom. The molecule has 0 fully saturated rings. The second-order valence-electron chi connectivity index (χ2n) is 6.42. The number of oxazole rings is 1. The smallest absolute Gasteiger partial charge is 0.224 e. The summed E-state index contributed by atoms with van der Waals surface area (Å²) in [5.41, 5.74) is 1.10. The highest BCUT2D eigenvalue weighted by molar-refractivity contribution is 6.39. The number of hydrogen-bond donors (Lipinski definition) is 1. The number of rotatable bonds is 4. The SMILES string of the molecule is Cc1nc(C(C)(C)C)oc1CCC(=O)Nc1c(Cl)cccc1Cl. The highest BCUT2D eigenvalue weighted by Gasteiger charge is 2.22. The van der Waals surface area contributed by atoms with E-state index >= 15 is 0 Å². The van der Waals surface area contributed by atoms with E-state index in [0.717, 1.165) is 11.5 Å². The van der Waals surface area contributed by atoms with Crippen LogP contribution in [0.5, 0.6) is 0 Å². The molecule has 2 rings (SSSR count). The van der Waals surface area contributed by atoms with E-state index in [0.29, 0.717) is 28.0 Å². The first kappa shape index (κ1) is 17.8. The zero-order chi connectivity index (χ0) is 17.2. The van der Waals surface area contributed by atoms with Gasteiger partial charge in [-0.2, -0.15) is 0 Å². The van der Waals surface area contributed by atoms with Crippen LogP contribution in [-0.2, 0) is 16.6 Å². The third-order valence-corrected chi connectivity index (χ3v) is 3.97. The van der Waals surface area contributed by atoms with Gasteiger partial charge in [-0.15, -0.1) is 0 Å². The normalized spacial score (nSPS) is 11.6. The molecule has 0 saturated heterocycles. The highest BCUT2D eigenvalue weighted by atomic mass is 35.5. The lowest BCUT2D eigenvalue weighted by Gasteiger charge is -2.12. The fourth-order valence-electron chi connectivity index (χ4n) is 2.03. The molecule has 0 unspecified atom stereocenters. The van der Waals surface area contributed by atoms with E-state index in [1.807, 2.05) is 27.7 Å². The van der Waals surface area contributed by atoms with Crippen molar-refractivity contribution in [3.63, 3.8) is 0 Å². The van der Waals surface area contributed by atoms with Crippen molar-refractivity contribution in [1.29, 1.82) is 0 Å². The predicted octanol–water partition coefficient (Wildman–Crippen LogP) is 5.16. The molecule has 0 atom stereocenters. The molecule has 1 aromatic carbocycles. The fourth-order valence-corrected chi connectivity index (χ4v) is 2.52. The van der Waals surface area contributed by atoms with Crippen LogP contribution in [0.1, 0.15) is 44.5 Å². The third kappa shape index (κ3) is 4.49. The number of anilines is 1. The number of nitrogens with zero attached hydrogens (tertiary/aromatic N) is 1. The quantitative estimate of drug-likeness (QED) is 0.824. The Morgan fingerprint density at radius 2 is 1.87 bits per heavy atom. The Kier molecular flexibility index (Phi) is 5.37. The predicted molar refractivity (Wildman–Crippen MR) is 93.4 cm³/mol. The van der Waals surface area contributed by atoms with Gasteiger partial charge in [0.25, 0.3) is 0 Å². The molecule has 0 saturated carbocycles. The molecule has 6 heteroatoms. The average molecular weight is 355 g/mol. The topological polar surface area (TPSA) is 55.1 Å². The van der Waals surface area contributed by atoms with E-state index in [1.165, 1.54) is 0 Å². The molecule has 0 aliphatic carbocycles. The molecule has 1 aromatic heterocycles. The lowest BCUT2D eigenvalue weighted by Crippen LogP contribution is -2.13. The molecule has 0 aliphatic heterocycles. The monoisotopic (exact) mass is 354 g/mol. The van der Waals surface area contributed by atoms with Gasteiger partial charge in [0.2, 0.25) is 5.91 Å². The second-order valence-corrected chi connectivity index (χ2v) is 7.24. The summed E-state index contributed by atoms with van der Waals surface area (Å²) in [5.74, 6) is 1.24. The zero-order valence-electron chi connectivity index (χ0n) is 13.7. The van der Waals surface area contributed by atoms with E-state index in [-0.39, 0.29) is 17.7 Å². The number of para-hydroxylation sites is 1. The summed E-state index contributed by atoms with van der Waals surface area (Å²) >= 11 is 12.1. The molecule has 1 N–H and O–H groups in total. The first-order valence-electron chi connectivity index (χ1n) is 7.39. The standard InChI is InChI=1S/C17H20Cl2N2O2/c1-10-13(23-16(20-10)17(2,3)4)8-9-14(22)21-15-11(18)6-5-7-12(15)19/h5-7H,8-9H2,1-4H3,(H,21,22). The van der Waals surface area contributed by atoms with Crippen molar-refractivity contribution in [3.8, 4) is 0 Å². The number of nitrogens with one attached hydrogen (secondary N) is 1. The zero-order valence-corrected chi connectivity index (χ0v) is 15.2. The first-order valence-corrected chi connectivity index (χ1v) is 8.14. The molecule has 124 valence electrons. The van der Waals surface area contributed by atoms with Crippen molar-refractivity contribution in [2.45, 2.75) is 46.0 Å². The number of carbonyl (C=O) groups is 1. The Balaban J connectivity index is 2.01. The molecule has 0 aliphatic rings. The number of aromatic nitrogens is 1. The van der Waals surface area contributed by atoms with E-state index in [1.54, 1.807) is 18.2 Å². The largest absolute Gasteiger partial charge is 0.445 e. The van der Waals surface area contributed by atoms with Crippen LogP contribution in [-0.4, -0.2) is 10.9 Å². The van der Waals surface area contributed by atoms with Gasteiger partial charge in [0.05, 0.1) is 21.4 Å². The van der Waals surface area contributed by atoms with Crippen molar-refractivity contribution >= 4 is 34.8 Å². The highest BCUT2D eigenvalue weighted by Crippen LogP contribution is 2.30. The second kappa shape index (κ2) is 6.93. The van der Waals surface area contributed by atoms with Gasteiger partial charge < -0.3 is 9.73 Å². The summed E-state index contributed by atoms with van der Waals surface area (Å²) in [5, 5.41) is 3.57. The number of aryl methyl sites for hydroxylation is 2. The average Bonchev–Trinajstić information content (AvgIpc) is 2.82. The number of carbonyl (C=O) groups excluding carboxylic acids is 1. The number of halogens is 2. The third-order valence-electron chi connectivity index (χ3n) is 3.34. The number of benzene rings is 1. The van der Waals surface area contributed by atoms with Crippen molar-refractivity contribution in [2.24, 2.45) is 0 Å². The fraction of sp³-hybridized carbons (Fsp3) is 0.412. The van der Waals surface area contributed by atoms with Gasteiger partial charge in [0, 0.05) is 18.3 Å². The lowest BCUT2D eigenvalue weighted by atomic mass is 9.97. The summed E-state index contributed by atoms with van der Waals surface area (Å²) in [7, 11) is 0. The van der Waals surface area contributed by atoms with Crippen molar-refractivity contribution in [2.75, 3.05) is 5.32 Å². The van der Waals surface area contributed by atoms with Gasteiger partial charge in [-0.25, -0.2) is 4.98 Å². The Hall–Kier alpha value is -1.52. The van der Waals surface area contributed by atoms with Gasteiger partial charge in [-0.05, 0) is 19.1 Å². The Morgan fingerprint density at radius 3 is 2.39 bits per heavy atom. The number of hydrogen-bond acceptors (Lipinski definition) is 3. The summed E-state index contributed by atoms with van der Waals surface area (Å²) in [6, 6.07) is 5.09. The van der Waals surface area contributed by atoms with Gasteiger partial charge in [-0.3, -0.25) is 4.79 Å². The Labute approximate surface area is 146 Å². The molecular weight excluding hydrogens is 335 g/mol. The van der Waals surface area contributed by atoms with Crippen molar-refractivity contribution in [3.05, 3.63) is 45.6 Å². The Bertz CT molecular complexity index is 698. The van der Waals surface area contributed by atoms with Crippen LogP contribution in [0.2, 0.25) is 10.0 Å². The van der Waals surface area contributed by atoms with Gasteiger partial charge in [-0.1, -0.05) is 50.0 Å². The van der Waals surface area contributed by atoms with Crippen molar-refractivity contribution < 1.29 is 9.21 Å². The van der Waals surface area contributed by atoms with E-state index in [4.69, 9.17) is 27.6 Å². The maximum absolute atomic E-state index is 12.1. The van der Waals surface area contributed by atoms with Crippen LogP contribution >= 0.6 is 23.2 Å². The van der Waals surface area contributed by atoms with Crippen LogP contribution in [0.25, 0.3) is 0 Å². The minimum Gasteiger partial charge on any atom is -0.445 e. The minimum atomic E-state index is -0.173. The van der Waals surface area contributed by atoms with E-state index in [9.17, 15) is 4.79 Å². The molecule has 0 radical (unpaired) electrons. The van der Waals surface area contributed by atoms with E-state index < -0.39 is 0 Å². The summed E-state index contributed by atoms with van der Waals surface area (Å²) in [6.07, 6.45) is 0.740. The molecule has 2 aromatic rings. The maximum Gasteiger partial charge on any atom is 0.224 e. The van der Waals surface area contributed by atoms with Gasteiger partial charge in [0.15, 0.2) is 5.89 Å². The molecular formula is C17H20Cl2N2O2. The minimum absolute atomic E-state index is 0.156. The summed E-state index contributed by atoms with van der Waals surface area (Å²) < 4.78 is 5.78. The lowest BCUT2D eigenvalue weighted by molar-refractivity contribution is -0.116. The maximum atomic E-state index is 12.1. The summed E-state index contributed by atoms with van der Waals surface area (Å²) in [6.45, 7) is 7.99. The summed E-state index contributed by atoms with van der Waals surface area (Å²) in [4.78, 5) is 16.5. The molecule has 0 spiro atoms. The van der Waals surface area contributed by atoms with E-state index in [2.05, 4.69) is 10.3 Å². The molecule has 23 heavy (non-hydrogen) atoms. The van der Waals surface area contributed by atoms with Crippen molar-refractivity contribution in [1.82, 2.24) is 4.98 Å². The molecule has 1 amide bonds. The van der Waals surface area contributed by atoms with Crippen LogP contribution in [0.15, 0.2) is 22.6 Å². The molecule has 0 bridgehead atoms. The number of amides is 1. The molecule has 1 heterocycles. The van der Waals surface area contributed by atoms with Crippen LogP contribution < -0.4 is 5.32 Å². The first-order chi connectivity index (χ1) is 10.7. The van der Waals surface area contributed by atoms with Crippen LogP contribution in [0, 0.1) is 6.92 Å². The van der Waals surface area contributed by atoms with Crippen LogP contribution in [0.4, 0.5) is 5.69 Å². The van der Waals surface area contributed by atoms with Gasteiger partial charge >= 0.3 is 0 Å². The van der Waals surface area contributed by atoms with Gasteiger partial charge in [0.1, 0.15) is 5.76 Å². The van der Waals surface area contributed by atoms with Crippen LogP contribution in [0.3, 0.4) is 0 Å².